The van der Waals surface area contributed by atoms with Gasteiger partial charge in [0.25, 0.3) is 0 Å². The summed E-state index contributed by atoms with van der Waals surface area (Å²) in [5.74, 6) is 0.358. The lowest BCUT2D eigenvalue weighted by Crippen LogP contribution is -2.52. The van der Waals surface area contributed by atoms with Crippen LogP contribution in [0.1, 0.15) is 50.7 Å². The summed E-state index contributed by atoms with van der Waals surface area (Å²) >= 11 is 0. The molecule has 1 amide bonds. The molecule has 1 aliphatic carbocycles. The number of nitrogens with one attached hydrogen (secondary N) is 2. The molecule has 4 rings (SSSR count). The largest absolute Gasteiger partial charge is 0.448 e. The van der Waals surface area contributed by atoms with E-state index in [0.717, 1.165) is 43.1 Å². The van der Waals surface area contributed by atoms with E-state index in [1.165, 1.54) is 12.1 Å². The maximum atomic E-state index is 13.0. The number of amides is 1. The first-order chi connectivity index (χ1) is 16.5. The number of alkyl halides is 3. The van der Waals surface area contributed by atoms with Crippen molar-refractivity contribution < 1.29 is 22.7 Å². The van der Waals surface area contributed by atoms with E-state index in [9.17, 15) is 18.0 Å². The first-order valence-corrected chi connectivity index (χ1v) is 12.2. The maximum absolute atomic E-state index is 13.0. The van der Waals surface area contributed by atoms with Crippen molar-refractivity contribution in [1.29, 1.82) is 0 Å². The van der Waals surface area contributed by atoms with Crippen LogP contribution < -0.4 is 10.6 Å². The van der Waals surface area contributed by atoms with Crippen molar-refractivity contribution in [2.45, 2.75) is 63.3 Å². The SMILES string of the molecule is CC(C)(C)N(C(=O)OCCN[C@@H]1C[C@H]1c1ccc(-c2cccc(C(F)(F)F)c2)cc1)[C@H]1CCNC1. The van der Waals surface area contributed by atoms with E-state index in [0.29, 0.717) is 30.7 Å². The van der Waals surface area contributed by atoms with Crippen LogP contribution in [0.4, 0.5) is 18.0 Å². The number of rotatable bonds is 7. The normalized spacial score (nSPS) is 22.2. The topological polar surface area (TPSA) is 53.6 Å². The summed E-state index contributed by atoms with van der Waals surface area (Å²) < 4.78 is 44.6. The molecule has 1 heterocycles. The minimum atomic E-state index is -4.35. The fourth-order valence-corrected chi connectivity index (χ4v) is 4.87. The van der Waals surface area contributed by atoms with Gasteiger partial charge in [-0.25, -0.2) is 4.79 Å². The van der Waals surface area contributed by atoms with Gasteiger partial charge in [-0.2, -0.15) is 13.2 Å². The van der Waals surface area contributed by atoms with Crippen LogP contribution in [-0.2, 0) is 10.9 Å². The Morgan fingerprint density at radius 1 is 1.11 bits per heavy atom. The van der Waals surface area contributed by atoms with Crippen molar-refractivity contribution in [3.8, 4) is 11.1 Å². The molecule has 3 atom stereocenters. The Kier molecular flexibility index (Phi) is 7.43. The molecule has 8 heteroatoms. The Bertz CT molecular complexity index is 1010. The van der Waals surface area contributed by atoms with Gasteiger partial charge in [0.1, 0.15) is 6.61 Å². The Balaban J connectivity index is 1.24. The molecule has 2 fully saturated rings. The highest BCUT2D eigenvalue weighted by molar-refractivity contribution is 5.69. The summed E-state index contributed by atoms with van der Waals surface area (Å²) in [6, 6.07) is 13.6. The molecule has 2 aromatic carbocycles. The maximum Gasteiger partial charge on any atom is 0.416 e. The van der Waals surface area contributed by atoms with Gasteiger partial charge < -0.3 is 15.4 Å². The monoisotopic (exact) mass is 489 g/mol. The molecular weight excluding hydrogens is 455 g/mol. The summed E-state index contributed by atoms with van der Waals surface area (Å²) in [5.41, 5.74) is 1.52. The minimum absolute atomic E-state index is 0.155. The molecule has 0 radical (unpaired) electrons. The fraction of sp³-hybridized carbons (Fsp3) is 0.519. The zero-order chi connectivity index (χ0) is 25.2. The summed E-state index contributed by atoms with van der Waals surface area (Å²) in [7, 11) is 0. The Labute approximate surface area is 205 Å². The third-order valence-corrected chi connectivity index (χ3v) is 6.71. The molecule has 0 aromatic heterocycles. The van der Waals surface area contributed by atoms with Crippen LogP contribution in [0.3, 0.4) is 0 Å². The number of halogens is 3. The van der Waals surface area contributed by atoms with Gasteiger partial charge in [-0.1, -0.05) is 36.4 Å². The van der Waals surface area contributed by atoms with E-state index >= 15 is 0 Å². The summed E-state index contributed by atoms with van der Waals surface area (Å²) in [5, 5.41) is 6.75. The average molecular weight is 490 g/mol. The number of carbonyl (C=O) groups is 1. The third kappa shape index (κ3) is 6.35. The fourth-order valence-electron chi connectivity index (χ4n) is 4.87. The molecule has 2 aliphatic rings. The molecule has 0 bridgehead atoms. The van der Waals surface area contributed by atoms with Crippen LogP contribution in [0.25, 0.3) is 11.1 Å². The lowest BCUT2D eigenvalue weighted by atomic mass is 10.0. The van der Waals surface area contributed by atoms with Crippen LogP contribution >= 0.6 is 0 Å². The standard InChI is InChI=1S/C27H34F3N3O2/c1-26(2,3)33(22-11-12-31-17-22)25(34)35-14-13-32-24-16-23(24)19-9-7-18(8-10-19)20-5-4-6-21(15-20)27(28,29)30/h4-10,15,22-24,31-32H,11-14,16-17H2,1-3H3/t22-,23-,24+/m0/s1. The second-order valence-electron chi connectivity index (χ2n) is 10.4. The quantitative estimate of drug-likeness (QED) is 0.510. The van der Waals surface area contributed by atoms with Crippen molar-refractivity contribution in [2.75, 3.05) is 26.2 Å². The molecule has 190 valence electrons. The number of carbonyl (C=O) groups excluding carboxylic acids is 1. The van der Waals surface area contributed by atoms with E-state index < -0.39 is 11.7 Å². The number of ether oxygens (including phenoxy) is 1. The smallest absolute Gasteiger partial charge is 0.416 e. The predicted octanol–water partition coefficient (Wildman–Crippen LogP) is 5.42. The Morgan fingerprint density at radius 2 is 1.86 bits per heavy atom. The first kappa shape index (κ1) is 25.5. The van der Waals surface area contributed by atoms with E-state index in [-0.39, 0.29) is 17.7 Å². The van der Waals surface area contributed by atoms with Crippen molar-refractivity contribution >= 4 is 6.09 Å². The zero-order valence-corrected chi connectivity index (χ0v) is 20.5. The number of nitrogens with zero attached hydrogens (tertiary/aromatic N) is 1. The predicted molar refractivity (Wildman–Crippen MR) is 130 cm³/mol. The molecule has 1 saturated heterocycles. The van der Waals surface area contributed by atoms with E-state index in [1.54, 1.807) is 6.07 Å². The van der Waals surface area contributed by atoms with Crippen LogP contribution in [-0.4, -0.2) is 54.9 Å². The number of hydrogen-bond donors (Lipinski definition) is 2. The number of hydrogen-bond acceptors (Lipinski definition) is 4. The summed E-state index contributed by atoms with van der Waals surface area (Å²) in [6.07, 6.45) is -2.71. The highest BCUT2D eigenvalue weighted by Crippen LogP contribution is 2.41. The highest BCUT2D eigenvalue weighted by Gasteiger charge is 2.38. The Morgan fingerprint density at radius 3 is 2.49 bits per heavy atom. The Hall–Kier alpha value is -2.58. The molecule has 2 aromatic rings. The lowest BCUT2D eigenvalue weighted by molar-refractivity contribution is -0.137. The molecule has 35 heavy (non-hydrogen) atoms. The molecular formula is C27H34F3N3O2. The first-order valence-electron chi connectivity index (χ1n) is 12.2. The van der Waals surface area contributed by atoms with E-state index in [1.807, 2.05) is 49.9 Å². The van der Waals surface area contributed by atoms with Crippen LogP contribution in [0.15, 0.2) is 48.5 Å². The lowest BCUT2D eigenvalue weighted by Gasteiger charge is -2.39. The number of benzene rings is 2. The molecule has 0 spiro atoms. The second-order valence-corrected chi connectivity index (χ2v) is 10.4. The van der Waals surface area contributed by atoms with Gasteiger partial charge in [-0.3, -0.25) is 4.90 Å². The van der Waals surface area contributed by atoms with Crippen LogP contribution in [0.2, 0.25) is 0 Å². The second kappa shape index (κ2) is 10.2. The van der Waals surface area contributed by atoms with Gasteiger partial charge in [0.15, 0.2) is 0 Å². The van der Waals surface area contributed by atoms with Gasteiger partial charge in [0.05, 0.1) is 5.56 Å². The molecule has 1 saturated carbocycles. The van der Waals surface area contributed by atoms with Crippen LogP contribution in [0, 0.1) is 0 Å². The van der Waals surface area contributed by atoms with Gasteiger partial charge in [0.2, 0.25) is 0 Å². The summed E-state index contributed by atoms with van der Waals surface area (Å²) in [6.45, 7) is 8.67. The minimum Gasteiger partial charge on any atom is -0.448 e. The third-order valence-electron chi connectivity index (χ3n) is 6.71. The van der Waals surface area contributed by atoms with Crippen LogP contribution in [0.5, 0.6) is 0 Å². The van der Waals surface area contributed by atoms with Crippen molar-refractivity contribution in [3.05, 3.63) is 59.7 Å². The average Bonchev–Trinajstić information content (AvgIpc) is 3.38. The molecule has 2 N–H and O–H groups in total. The van der Waals surface area contributed by atoms with Gasteiger partial charge in [0, 0.05) is 36.6 Å². The van der Waals surface area contributed by atoms with Gasteiger partial charge >= 0.3 is 12.3 Å². The van der Waals surface area contributed by atoms with Crippen molar-refractivity contribution in [3.63, 3.8) is 0 Å². The van der Waals surface area contributed by atoms with E-state index in [4.69, 9.17) is 4.74 Å². The highest BCUT2D eigenvalue weighted by atomic mass is 19.4. The van der Waals surface area contributed by atoms with Gasteiger partial charge in [-0.15, -0.1) is 0 Å². The summed E-state index contributed by atoms with van der Waals surface area (Å²) in [4.78, 5) is 14.6. The molecule has 0 unspecified atom stereocenters. The van der Waals surface area contributed by atoms with Crippen molar-refractivity contribution in [1.82, 2.24) is 15.5 Å². The van der Waals surface area contributed by atoms with E-state index in [2.05, 4.69) is 10.6 Å². The zero-order valence-electron chi connectivity index (χ0n) is 20.5. The molecule has 5 nitrogen and oxygen atoms in total. The van der Waals surface area contributed by atoms with Crippen molar-refractivity contribution in [2.24, 2.45) is 0 Å². The molecule has 1 aliphatic heterocycles. The van der Waals surface area contributed by atoms with Gasteiger partial charge in [-0.05, 0) is 69.0 Å².